The fraction of sp³-hybridized carbons (Fsp3) is 0.500. The zero-order valence-corrected chi connectivity index (χ0v) is 24.4. The molecule has 6 rings (SSSR count). The number of nitrogens with two attached hydrogens (primary N) is 1. The molecule has 40 heavy (non-hydrogen) atoms. The van der Waals surface area contributed by atoms with E-state index in [9.17, 15) is 9.59 Å². The molecule has 2 atom stereocenters. The van der Waals surface area contributed by atoms with Gasteiger partial charge in [0.15, 0.2) is 0 Å². The fourth-order valence-corrected chi connectivity index (χ4v) is 7.51. The molecule has 0 spiro atoms. The Kier molecular flexibility index (Phi) is 7.68. The van der Waals surface area contributed by atoms with Gasteiger partial charge in [-0.15, -0.1) is 0 Å². The van der Waals surface area contributed by atoms with E-state index in [2.05, 4.69) is 34.1 Å². The second kappa shape index (κ2) is 11.2. The Hall–Kier alpha value is -2.81. The maximum absolute atomic E-state index is 14.0. The summed E-state index contributed by atoms with van der Waals surface area (Å²) in [6, 6.07) is 12.5. The van der Waals surface area contributed by atoms with E-state index >= 15 is 0 Å². The van der Waals surface area contributed by atoms with Gasteiger partial charge in [0.05, 0.1) is 18.2 Å². The van der Waals surface area contributed by atoms with Gasteiger partial charge in [-0.25, -0.2) is 4.31 Å². The lowest BCUT2D eigenvalue weighted by atomic mass is 9.81. The lowest BCUT2D eigenvalue weighted by molar-refractivity contribution is -0.127. The van der Waals surface area contributed by atoms with Gasteiger partial charge < -0.3 is 14.6 Å². The topological polar surface area (TPSA) is 89.6 Å². The molecule has 2 fully saturated rings. The van der Waals surface area contributed by atoms with Crippen molar-refractivity contribution in [3.05, 3.63) is 53.1 Å². The predicted octanol–water partition coefficient (Wildman–Crippen LogP) is 6.01. The molecule has 2 unspecified atom stereocenters. The number of ether oxygens (including phenoxy) is 1. The summed E-state index contributed by atoms with van der Waals surface area (Å²) < 4.78 is 10.1. The number of benzene rings is 2. The van der Waals surface area contributed by atoms with Crippen LogP contribution in [0.4, 0.5) is 0 Å². The van der Waals surface area contributed by atoms with E-state index in [1.807, 2.05) is 23.5 Å². The average Bonchev–Trinajstić information content (AvgIpc) is 3.67. The highest BCUT2D eigenvalue weighted by atomic mass is 32.2. The van der Waals surface area contributed by atoms with E-state index < -0.39 is 5.41 Å². The van der Waals surface area contributed by atoms with Crippen LogP contribution in [-0.4, -0.2) is 48.3 Å². The summed E-state index contributed by atoms with van der Waals surface area (Å²) in [5.74, 6) is 1.58. The standard InChI is InChI=1S/C32H40N4O3S/c1-35(40-33)15-7-6-14-34-31(38)32-18-27(32)26-17-23(39-2)11-13-24(26)30-29(22-8-4-3-5-9-22)25-12-10-21(19-37)16-28(25)36(30)20-32/h10-13,16-17,19,22,27H,3-9,14-15,18,20,33H2,1-2H3,(H,34,38). The number of methoxy groups -OCH3 is 1. The molecule has 3 aliphatic rings. The van der Waals surface area contributed by atoms with Crippen molar-refractivity contribution in [3.8, 4) is 17.0 Å². The maximum atomic E-state index is 14.0. The lowest BCUT2D eigenvalue weighted by Gasteiger charge is -2.24. The van der Waals surface area contributed by atoms with Gasteiger partial charge in [-0.1, -0.05) is 31.4 Å². The molecule has 2 aromatic carbocycles. The molecule has 1 aromatic heterocycles. The molecule has 1 aliphatic heterocycles. The number of aldehydes is 1. The van der Waals surface area contributed by atoms with E-state index in [0.717, 1.165) is 43.4 Å². The van der Waals surface area contributed by atoms with Crippen LogP contribution >= 0.6 is 12.1 Å². The first-order valence-electron chi connectivity index (χ1n) is 14.7. The number of nitrogens with zero attached hydrogens (tertiary/aromatic N) is 2. The van der Waals surface area contributed by atoms with Crippen LogP contribution in [0.25, 0.3) is 22.2 Å². The molecule has 0 saturated heterocycles. The summed E-state index contributed by atoms with van der Waals surface area (Å²) in [5.41, 5.74) is 6.30. The summed E-state index contributed by atoms with van der Waals surface area (Å²) in [6.07, 6.45) is 9.77. The van der Waals surface area contributed by atoms with Crippen molar-refractivity contribution in [3.63, 3.8) is 0 Å². The van der Waals surface area contributed by atoms with Gasteiger partial charge in [-0.3, -0.25) is 14.7 Å². The number of fused-ring (bicyclic) bond motifs is 7. The summed E-state index contributed by atoms with van der Waals surface area (Å²) >= 11 is 1.24. The highest BCUT2D eigenvalue weighted by molar-refractivity contribution is 7.94. The summed E-state index contributed by atoms with van der Waals surface area (Å²) in [7, 11) is 3.68. The highest BCUT2D eigenvalue weighted by Crippen LogP contribution is 2.65. The van der Waals surface area contributed by atoms with E-state index in [4.69, 9.17) is 9.88 Å². The fourth-order valence-electron chi connectivity index (χ4n) is 7.28. The first-order chi connectivity index (χ1) is 19.5. The Morgan fingerprint density at radius 1 is 1.20 bits per heavy atom. The number of unbranched alkanes of at least 4 members (excludes halogenated alkanes) is 1. The summed E-state index contributed by atoms with van der Waals surface area (Å²) in [4.78, 5) is 25.8. The molecule has 0 radical (unpaired) electrons. The number of aromatic nitrogens is 1. The van der Waals surface area contributed by atoms with Crippen molar-refractivity contribution in [2.45, 2.75) is 69.7 Å². The van der Waals surface area contributed by atoms with E-state index in [-0.39, 0.29) is 11.8 Å². The van der Waals surface area contributed by atoms with E-state index in [0.29, 0.717) is 24.6 Å². The van der Waals surface area contributed by atoms with Gasteiger partial charge in [0, 0.05) is 59.7 Å². The Morgan fingerprint density at radius 2 is 2.02 bits per heavy atom. The quantitative estimate of drug-likeness (QED) is 0.179. The van der Waals surface area contributed by atoms with Gasteiger partial charge in [0.2, 0.25) is 5.91 Å². The van der Waals surface area contributed by atoms with Crippen LogP contribution < -0.4 is 15.2 Å². The third-order valence-corrected chi connectivity index (χ3v) is 10.0. The largest absolute Gasteiger partial charge is 0.497 e. The second-order valence-electron chi connectivity index (χ2n) is 11.9. The molecule has 7 nitrogen and oxygen atoms in total. The van der Waals surface area contributed by atoms with Crippen LogP contribution in [0.5, 0.6) is 5.75 Å². The first kappa shape index (κ1) is 27.4. The third-order valence-electron chi connectivity index (χ3n) is 9.50. The van der Waals surface area contributed by atoms with Crippen LogP contribution in [0.2, 0.25) is 0 Å². The van der Waals surface area contributed by atoms with Crippen molar-refractivity contribution >= 4 is 35.2 Å². The van der Waals surface area contributed by atoms with E-state index in [1.165, 1.54) is 72.0 Å². The Balaban J connectivity index is 1.43. The first-order valence-corrected chi connectivity index (χ1v) is 15.5. The average molecular weight is 561 g/mol. The normalized spacial score (nSPS) is 21.9. The zero-order chi connectivity index (χ0) is 27.9. The SMILES string of the molecule is COc1ccc2c(c1)C1CC1(C(=O)NCCCCN(C)SN)Cn1c-2c(C2CCCCC2)c2ccc(C=O)cc21. The minimum Gasteiger partial charge on any atom is -0.497 e. The molecule has 2 aliphatic carbocycles. The van der Waals surface area contributed by atoms with Crippen LogP contribution in [0.1, 0.15) is 84.7 Å². The third kappa shape index (κ3) is 4.74. The Morgan fingerprint density at radius 3 is 2.77 bits per heavy atom. The van der Waals surface area contributed by atoms with Crippen molar-refractivity contribution < 1.29 is 14.3 Å². The van der Waals surface area contributed by atoms with Crippen LogP contribution in [0, 0.1) is 5.41 Å². The van der Waals surface area contributed by atoms with Gasteiger partial charge in [-0.2, -0.15) is 0 Å². The lowest BCUT2D eigenvalue weighted by Crippen LogP contribution is -2.36. The second-order valence-corrected chi connectivity index (χ2v) is 12.7. The van der Waals surface area contributed by atoms with Crippen molar-refractivity contribution in [2.24, 2.45) is 10.6 Å². The van der Waals surface area contributed by atoms with Crippen molar-refractivity contribution in [2.75, 3.05) is 27.2 Å². The molecule has 212 valence electrons. The molecular formula is C32H40N4O3S. The molecular weight excluding hydrogens is 520 g/mol. The van der Waals surface area contributed by atoms with Crippen molar-refractivity contribution in [1.82, 2.24) is 14.2 Å². The molecule has 1 amide bonds. The van der Waals surface area contributed by atoms with Gasteiger partial charge in [-0.05, 0) is 80.5 Å². The number of nitrogens with one attached hydrogen (secondary N) is 1. The van der Waals surface area contributed by atoms with Crippen LogP contribution in [0.3, 0.4) is 0 Å². The Bertz CT molecular complexity index is 1430. The molecule has 3 aromatic rings. The highest BCUT2D eigenvalue weighted by Gasteiger charge is 2.62. The maximum Gasteiger partial charge on any atom is 0.228 e. The summed E-state index contributed by atoms with van der Waals surface area (Å²) in [5, 5.41) is 10.1. The molecule has 2 saturated carbocycles. The summed E-state index contributed by atoms with van der Waals surface area (Å²) in [6.45, 7) is 2.16. The van der Waals surface area contributed by atoms with Crippen LogP contribution in [-0.2, 0) is 11.3 Å². The molecule has 2 heterocycles. The molecule has 8 heteroatoms. The Labute approximate surface area is 241 Å². The predicted molar refractivity (Wildman–Crippen MR) is 162 cm³/mol. The number of rotatable bonds is 10. The molecule has 0 bridgehead atoms. The monoisotopic (exact) mass is 560 g/mol. The van der Waals surface area contributed by atoms with Gasteiger partial charge in [0.25, 0.3) is 0 Å². The number of carbonyl (C=O) groups excluding carboxylic acids is 2. The van der Waals surface area contributed by atoms with E-state index in [1.54, 1.807) is 7.11 Å². The van der Waals surface area contributed by atoms with Crippen molar-refractivity contribution in [1.29, 1.82) is 0 Å². The zero-order valence-electron chi connectivity index (χ0n) is 23.6. The minimum atomic E-state index is -0.511. The van der Waals surface area contributed by atoms with Gasteiger partial charge in [0.1, 0.15) is 12.0 Å². The smallest absolute Gasteiger partial charge is 0.228 e. The molecule has 3 N–H and O–H groups in total. The number of hydrogen-bond acceptors (Lipinski definition) is 6. The van der Waals surface area contributed by atoms with Crippen LogP contribution in [0.15, 0.2) is 36.4 Å². The number of carbonyl (C=O) groups is 2. The minimum absolute atomic E-state index is 0.133. The van der Waals surface area contributed by atoms with Gasteiger partial charge >= 0.3 is 0 Å². The number of hydrogen-bond donors (Lipinski definition) is 2. The number of amides is 1.